The molecule has 0 aliphatic heterocycles. The van der Waals surface area contributed by atoms with Gasteiger partial charge in [-0.15, -0.1) is 0 Å². The quantitative estimate of drug-likeness (QED) is 0.901. The second kappa shape index (κ2) is 6.80. The number of benzene rings is 1. The summed E-state index contributed by atoms with van der Waals surface area (Å²) in [7, 11) is -3.41. The standard InChI is InChI=1S/C14H22N2O4S/c1-14(2,3)20-13(17)15-10-11-16(21(4,18)19)12-8-6-5-7-9-12/h5-9H,10-11H2,1-4H3,(H,15,17). The van der Waals surface area contributed by atoms with E-state index < -0.39 is 21.7 Å². The molecule has 0 unspecified atom stereocenters. The summed E-state index contributed by atoms with van der Waals surface area (Å²) in [5.74, 6) is 0. The number of hydrogen-bond acceptors (Lipinski definition) is 4. The van der Waals surface area contributed by atoms with Crippen LogP contribution in [0.2, 0.25) is 0 Å². The van der Waals surface area contributed by atoms with Gasteiger partial charge < -0.3 is 10.1 Å². The number of carbonyl (C=O) groups is 1. The zero-order valence-electron chi connectivity index (χ0n) is 12.8. The van der Waals surface area contributed by atoms with Crippen molar-refractivity contribution in [2.75, 3.05) is 23.7 Å². The van der Waals surface area contributed by atoms with Gasteiger partial charge in [-0.05, 0) is 32.9 Å². The molecule has 118 valence electrons. The van der Waals surface area contributed by atoms with Crippen LogP contribution >= 0.6 is 0 Å². The van der Waals surface area contributed by atoms with Gasteiger partial charge in [0.1, 0.15) is 5.60 Å². The third kappa shape index (κ3) is 6.48. The lowest BCUT2D eigenvalue weighted by atomic mass is 10.2. The number of nitrogens with one attached hydrogen (secondary N) is 1. The monoisotopic (exact) mass is 314 g/mol. The lowest BCUT2D eigenvalue weighted by Gasteiger charge is -2.23. The van der Waals surface area contributed by atoms with Gasteiger partial charge in [-0.3, -0.25) is 4.31 Å². The van der Waals surface area contributed by atoms with E-state index in [1.165, 1.54) is 4.31 Å². The van der Waals surface area contributed by atoms with Gasteiger partial charge in [-0.1, -0.05) is 18.2 Å². The molecule has 0 radical (unpaired) electrons. The summed E-state index contributed by atoms with van der Waals surface area (Å²) in [4.78, 5) is 11.5. The topological polar surface area (TPSA) is 75.7 Å². The van der Waals surface area contributed by atoms with E-state index in [4.69, 9.17) is 4.74 Å². The predicted octanol–water partition coefficient (Wildman–Crippen LogP) is 1.98. The van der Waals surface area contributed by atoms with Crippen LogP contribution in [0.1, 0.15) is 20.8 Å². The molecular formula is C14H22N2O4S. The number of nitrogens with zero attached hydrogens (tertiary/aromatic N) is 1. The van der Waals surface area contributed by atoms with E-state index in [0.29, 0.717) is 5.69 Å². The fourth-order valence-corrected chi connectivity index (χ4v) is 2.58. The molecule has 21 heavy (non-hydrogen) atoms. The van der Waals surface area contributed by atoms with Crippen LogP contribution in [-0.4, -0.2) is 39.5 Å². The molecule has 0 heterocycles. The van der Waals surface area contributed by atoms with E-state index in [1.807, 2.05) is 6.07 Å². The van der Waals surface area contributed by atoms with Gasteiger partial charge in [0.15, 0.2) is 0 Å². The number of alkyl carbamates (subject to hydrolysis) is 1. The van der Waals surface area contributed by atoms with Crippen molar-refractivity contribution in [1.29, 1.82) is 0 Å². The van der Waals surface area contributed by atoms with Crippen LogP contribution in [0.4, 0.5) is 10.5 Å². The summed E-state index contributed by atoms with van der Waals surface area (Å²) in [6.07, 6.45) is 0.567. The first-order valence-electron chi connectivity index (χ1n) is 6.59. The maximum Gasteiger partial charge on any atom is 0.407 e. The zero-order valence-corrected chi connectivity index (χ0v) is 13.6. The molecule has 0 aliphatic carbocycles. The van der Waals surface area contributed by atoms with E-state index in [-0.39, 0.29) is 13.1 Å². The minimum absolute atomic E-state index is 0.141. The van der Waals surface area contributed by atoms with Crippen LogP contribution in [-0.2, 0) is 14.8 Å². The fraction of sp³-hybridized carbons (Fsp3) is 0.500. The summed E-state index contributed by atoms with van der Waals surface area (Å²) in [5, 5.41) is 2.54. The van der Waals surface area contributed by atoms with E-state index in [0.717, 1.165) is 6.26 Å². The van der Waals surface area contributed by atoms with Crippen molar-refractivity contribution in [3.8, 4) is 0 Å². The summed E-state index contributed by atoms with van der Waals surface area (Å²) < 4.78 is 30.0. The van der Waals surface area contributed by atoms with Gasteiger partial charge in [0.05, 0.1) is 18.5 Å². The predicted molar refractivity (Wildman–Crippen MR) is 82.9 cm³/mol. The number of anilines is 1. The number of carbonyl (C=O) groups excluding carboxylic acids is 1. The Morgan fingerprint density at radius 2 is 1.81 bits per heavy atom. The molecule has 1 rings (SSSR count). The Morgan fingerprint density at radius 3 is 2.29 bits per heavy atom. The van der Waals surface area contributed by atoms with Gasteiger partial charge in [-0.25, -0.2) is 13.2 Å². The number of sulfonamides is 1. The van der Waals surface area contributed by atoms with Gasteiger partial charge in [-0.2, -0.15) is 0 Å². The number of ether oxygens (including phenoxy) is 1. The Kier molecular flexibility index (Phi) is 5.60. The van der Waals surface area contributed by atoms with E-state index in [2.05, 4.69) is 5.32 Å². The average molecular weight is 314 g/mol. The van der Waals surface area contributed by atoms with Crippen molar-refractivity contribution in [1.82, 2.24) is 5.32 Å². The van der Waals surface area contributed by atoms with Gasteiger partial charge in [0.2, 0.25) is 10.0 Å². The molecule has 7 heteroatoms. The first kappa shape index (κ1) is 17.3. The van der Waals surface area contributed by atoms with E-state index >= 15 is 0 Å². The highest BCUT2D eigenvalue weighted by molar-refractivity contribution is 7.92. The minimum atomic E-state index is -3.41. The van der Waals surface area contributed by atoms with Crippen molar-refractivity contribution in [3.63, 3.8) is 0 Å². The van der Waals surface area contributed by atoms with Crippen LogP contribution < -0.4 is 9.62 Å². The van der Waals surface area contributed by atoms with Gasteiger partial charge in [0, 0.05) is 6.54 Å². The average Bonchev–Trinajstić information content (AvgIpc) is 2.32. The molecule has 0 atom stereocenters. The molecule has 0 spiro atoms. The molecule has 1 amide bonds. The smallest absolute Gasteiger partial charge is 0.407 e. The third-order valence-corrected chi connectivity index (χ3v) is 3.62. The van der Waals surface area contributed by atoms with E-state index in [9.17, 15) is 13.2 Å². The highest BCUT2D eigenvalue weighted by Crippen LogP contribution is 2.15. The lowest BCUT2D eigenvalue weighted by molar-refractivity contribution is 0.0529. The van der Waals surface area contributed by atoms with Crippen molar-refractivity contribution >= 4 is 21.8 Å². The van der Waals surface area contributed by atoms with Crippen LogP contribution in [0.5, 0.6) is 0 Å². The van der Waals surface area contributed by atoms with Crippen molar-refractivity contribution < 1.29 is 17.9 Å². The van der Waals surface area contributed by atoms with Crippen LogP contribution in [0.3, 0.4) is 0 Å². The van der Waals surface area contributed by atoms with Crippen LogP contribution in [0.15, 0.2) is 30.3 Å². The summed E-state index contributed by atoms with van der Waals surface area (Å²) in [6, 6.07) is 8.73. The molecule has 1 N–H and O–H groups in total. The molecule has 0 saturated carbocycles. The number of para-hydroxylation sites is 1. The molecule has 0 fully saturated rings. The second-order valence-corrected chi connectivity index (χ2v) is 7.51. The Bertz CT molecular complexity index is 564. The molecular weight excluding hydrogens is 292 g/mol. The minimum Gasteiger partial charge on any atom is -0.444 e. The Balaban J connectivity index is 2.63. The first-order valence-corrected chi connectivity index (χ1v) is 8.44. The SMILES string of the molecule is CC(C)(C)OC(=O)NCCN(c1ccccc1)S(C)(=O)=O. The maximum atomic E-state index is 11.8. The molecule has 0 saturated heterocycles. The normalized spacial score (nSPS) is 11.8. The maximum absolute atomic E-state index is 11.8. The number of hydrogen-bond donors (Lipinski definition) is 1. The van der Waals surface area contributed by atoms with Gasteiger partial charge in [0.25, 0.3) is 0 Å². The van der Waals surface area contributed by atoms with Crippen LogP contribution in [0.25, 0.3) is 0 Å². The summed E-state index contributed by atoms with van der Waals surface area (Å²) in [6.45, 7) is 5.59. The lowest BCUT2D eigenvalue weighted by Crippen LogP contribution is -2.40. The van der Waals surface area contributed by atoms with Gasteiger partial charge >= 0.3 is 6.09 Å². The number of rotatable bonds is 5. The fourth-order valence-electron chi connectivity index (χ4n) is 1.65. The van der Waals surface area contributed by atoms with Crippen molar-refractivity contribution in [2.24, 2.45) is 0 Å². The molecule has 6 nitrogen and oxygen atoms in total. The molecule has 0 aromatic heterocycles. The van der Waals surface area contributed by atoms with Crippen molar-refractivity contribution in [2.45, 2.75) is 26.4 Å². The van der Waals surface area contributed by atoms with Crippen LogP contribution in [0, 0.1) is 0 Å². The Morgan fingerprint density at radius 1 is 1.24 bits per heavy atom. The number of amides is 1. The highest BCUT2D eigenvalue weighted by Gasteiger charge is 2.19. The second-order valence-electron chi connectivity index (χ2n) is 5.60. The molecule has 1 aromatic rings. The summed E-state index contributed by atoms with van der Waals surface area (Å²) in [5.41, 5.74) is -0.0222. The molecule has 0 aliphatic rings. The van der Waals surface area contributed by atoms with E-state index in [1.54, 1.807) is 45.0 Å². The summed E-state index contributed by atoms with van der Waals surface area (Å²) >= 11 is 0. The first-order chi connectivity index (χ1) is 9.59. The van der Waals surface area contributed by atoms with Crippen molar-refractivity contribution in [3.05, 3.63) is 30.3 Å². The third-order valence-electron chi connectivity index (χ3n) is 2.43. The Labute approximate surface area is 126 Å². The molecule has 0 bridgehead atoms. The largest absolute Gasteiger partial charge is 0.444 e. The zero-order chi connectivity index (χ0) is 16.1. The molecule has 1 aromatic carbocycles. The highest BCUT2D eigenvalue weighted by atomic mass is 32.2. The Hall–Kier alpha value is -1.76.